The molecule has 0 saturated carbocycles. The summed E-state index contributed by atoms with van der Waals surface area (Å²) < 4.78 is 13.5. The Morgan fingerprint density at radius 2 is 1.67 bits per heavy atom. The van der Waals surface area contributed by atoms with Crippen molar-refractivity contribution in [2.24, 2.45) is 0 Å². The van der Waals surface area contributed by atoms with Crippen LogP contribution in [-0.2, 0) is 9.05 Å². The van der Waals surface area contributed by atoms with Crippen molar-refractivity contribution < 1.29 is 9.05 Å². The molecule has 72 valence electrons. The molecule has 3 atom stereocenters. The van der Waals surface area contributed by atoms with Gasteiger partial charge in [0.1, 0.15) is 0 Å². The summed E-state index contributed by atoms with van der Waals surface area (Å²) in [6, 6.07) is 0. The third-order valence-corrected chi connectivity index (χ3v) is 7.15. The molecule has 1 fully saturated rings. The van der Waals surface area contributed by atoms with Gasteiger partial charge in [0.15, 0.2) is 0 Å². The van der Waals surface area contributed by atoms with Crippen LogP contribution in [0.2, 0.25) is 0 Å². The van der Waals surface area contributed by atoms with Gasteiger partial charge >= 0.3 is 81.5 Å². The van der Waals surface area contributed by atoms with E-state index in [4.69, 9.17) is 9.05 Å². The first-order chi connectivity index (χ1) is 5.44. The molecule has 1 aliphatic heterocycles. The molecule has 1 heterocycles. The molecule has 0 amide bonds. The maximum atomic E-state index is 5.76. The standard InChI is InChI=1S/C7H16NO2PSe/c1-6-5-7(2)10-11(12,9-6)8(3)4/h6-7H,5H2,1-4H3/t6-,7+,11?. The van der Waals surface area contributed by atoms with E-state index in [-0.39, 0.29) is 0 Å². The van der Waals surface area contributed by atoms with Crippen LogP contribution in [0.5, 0.6) is 0 Å². The molecule has 1 aliphatic rings. The molecule has 5 heteroatoms. The minimum atomic E-state index is -1.84. The zero-order valence-corrected chi connectivity index (χ0v) is 10.6. The van der Waals surface area contributed by atoms with Crippen molar-refractivity contribution in [2.75, 3.05) is 14.1 Å². The van der Waals surface area contributed by atoms with Gasteiger partial charge in [0.05, 0.1) is 0 Å². The maximum absolute atomic E-state index is 5.76. The summed E-state index contributed by atoms with van der Waals surface area (Å²) in [6.07, 6.45) is -0.262. The second-order valence-corrected chi connectivity index (χ2v) is 8.45. The summed E-state index contributed by atoms with van der Waals surface area (Å²) in [5.74, 6) is 0. The molecular weight excluding hydrogens is 240 g/mol. The van der Waals surface area contributed by atoms with Gasteiger partial charge in [-0.2, -0.15) is 0 Å². The van der Waals surface area contributed by atoms with Gasteiger partial charge in [-0.15, -0.1) is 0 Å². The van der Waals surface area contributed by atoms with Crippen LogP contribution in [0, 0.1) is 0 Å². The third kappa shape index (κ3) is 2.41. The molecule has 0 aromatic carbocycles. The summed E-state index contributed by atoms with van der Waals surface area (Å²) in [5.41, 5.74) is 0. The Morgan fingerprint density at radius 3 is 2.00 bits per heavy atom. The summed E-state index contributed by atoms with van der Waals surface area (Å²) in [7, 11) is 3.96. The minimum absolute atomic E-state index is 0.297. The van der Waals surface area contributed by atoms with Crippen molar-refractivity contribution in [3.63, 3.8) is 0 Å². The van der Waals surface area contributed by atoms with E-state index in [1.54, 1.807) is 0 Å². The molecule has 0 aliphatic carbocycles. The molecule has 0 N–H and O–H groups in total. The van der Waals surface area contributed by atoms with Gasteiger partial charge in [0, 0.05) is 0 Å². The quantitative estimate of drug-likeness (QED) is 0.525. The molecule has 0 aromatic heterocycles. The fourth-order valence-corrected chi connectivity index (χ4v) is 4.58. The van der Waals surface area contributed by atoms with Crippen molar-refractivity contribution in [3.8, 4) is 0 Å². The Labute approximate surface area is 81.9 Å². The second kappa shape index (κ2) is 3.91. The molecule has 0 spiro atoms. The zero-order valence-electron chi connectivity index (χ0n) is 7.98. The van der Waals surface area contributed by atoms with Crippen LogP contribution in [0.3, 0.4) is 0 Å². The molecule has 1 rings (SSSR count). The van der Waals surface area contributed by atoms with Crippen molar-refractivity contribution in [1.82, 2.24) is 4.67 Å². The molecule has 0 bridgehead atoms. The van der Waals surface area contributed by atoms with Crippen LogP contribution >= 0.6 is 6.11 Å². The average molecular weight is 256 g/mol. The fraction of sp³-hybridized carbons (Fsp3) is 1.00. The molecular formula is C7H16NO2PSe. The Kier molecular flexibility index (Phi) is 3.56. The first-order valence-electron chi connectivity index (χ1n) is 4.08. The van der Waals surface area contributed by atoms with Crippen LogP contribution in [0.25, 0.3) is 0 Å². The van der Waals surface area contributed by atoms with Gasteiger partial charge in [-0.05, 0) is 0 Å². The van der Waals surface area contributed by atoms with Crippen LogP contribution in [0.4, 0.5) is 0 Å². The summed E-state index contributed by atoms with van der Waals surface area (Å²) in [6.45, 7) is 4.18. The molecule has 0 aromatic rings. The zero-order chi connectivity index (χ0) is 9.35. The van der Waals surface area contributed by atoms with Gasteiger partial charge < -0.3 is 0 Å². The Balaban J connectivity index is 2.72. The van der Waals surface area contributed by atoms with Crippen LogP contribution in [0.15, 0.2) is 0 Å². The van der Waals surface area contributed by atoms with E-state index in [0.717, 1.165) is 6.42 Å². The van der Waals surface area contributed by atoms with Crippen molar-refractivity contribution >= 4 is 21.2 Å². The van der Waals surface area contributed by atoms with Gasteiger partial charge in [-0.1, -0.05) is 0 Å². The molecule has 1 saturated heterocycles. The molecule has 3 nitrogen and oxygen atoms in total. The molecule has 12 heavy (non-hydrogen) atoms. The average Bonchev–Trinajstić information content (AvgIpc) is 1.82. The Hall–Kier alpha value is 0.829. The van der Waals surface area contributed by atoms with E-state index in [1.807, 2.05) is 18.8 Å². The predicted octanol–water partition coefficient (Wildman–Crippen LogP) is 1.61. The van der Waals surface area contributed by atoms with E-state index in [9.17, 15) is 0 Å². The third-order valence-electron chi connectivity index (χ3n) is 1.78. The Bertz CT molecular complexity index is 196. The molecule has 0 radical (unpaired) electrons. The van der Waals surface area contributed by atoms with Crippen LogP contribution < -0.4 is 0 Å². The van der Waals surface area contributed by atoms with Gasteiger partial charge in [-0.3, -0.25) is 0 Å². The number of rotatable bonds is 1. The summed E-state index contributed by atoms with van der Waals surface area (Å²) >= 11 is 3.05. The Morgan fingerprint density at radius 1 is 1.25 bits per heavy atom. The first-order valence-corrected chi connectivity index (χ1v) is 7.88. The van der Waals surface area contributed by atoms with Gasteiger partial charge in [0.2, 0.25) is 0 Å². The second-order valence-electron chi connectivity index (χ2n) is 3.38. The van der Waals surface area contributed by atoms with Crippen LogP contribution in [-0.4, -0.2) is 46.1 Å². The normalized spacial score (nSPS) is 43.4. The molecule has 1 unspecified atom stereocenters. The van der Waals surface area contributed by atoms with E-state index < -0.39 is 6.11 Å². The number of hydrogen-bond acceptors (Lipinski definition) is 3. The number of nitrogens with zero attached hydrogens (tertiary/aromatic N) is 1. The topological polar surface area (TPSA) is 21.7 Å². The van der Waals surface area contributed by atoms with Gasteiger partial charge in [0.25, 0.3) is 0 Å². The van der Waals surface area contributed by atoms with Crippen LogP contribution in [0.1, 0.15) is 20.3 Å². The summed E-state index contributed by atoms with van der Waals surface area (Å²) in [5, 5.41) is 0. The van der Waals surface area contributed by atoms with E-state index in [1.165, 1.54) is 0 Å². The van der Waals surface area contributed by atoms with Crippen molar-refractivity contribution in [1.29, 1.82) is 0 Å². The van der Waals surface area contributed by atoms with Crippen molar-refractivity contribution in [2.45, 2.75) is 32.5 Å². The van der Waals surface area contributed by atoms with Crippen molar-refractivity contribution in [3.05, 3.63) is 0 Å². The van der Waals surface area contributed by atoms with Gasteiger partial charge in [-0.25, -0.2) is 0 Å². The first kappa shape index (κ1) is 10.9. The summed E-state index contributed by atoms with van der Waals surface area (Å²) in [4.78, 5) is 0. The van der Waals surface area contributed by atoms with E-state index in [0.29, 0.717) is 12.2 Å². The monoisotopic (exact) mass is 257 g/mol. The fourth-order valence-electron chi connectivity index (χ4n) is 1.22. The number of hydrogen-bond donors (Lipinski definition) is 0. The van der Waals surface area contributed by atoms with E-state index >= 15 is 0 Å². The SMILES string of the molecule is C[C@@H]1C[C@H](C)OP(=[Se])(N(C)C)O1. The predicted molar refractivity (Wildman–Crippen MR) is 52.1 cm³/mol. The van der Waals surface area contributed by atoms with E-state index in [2.05, 4.69) is 28.9 Å².